The van der Waals surface area contributed by atoms with Crippen molar-refractivity contribution in [3.05, 3.63) is 188 Å². The lowest BCUT2D eigenvalue weighted by Gasteiger charge is -2.28. The van der Waals surface area contributed by atoms with Crippen molar-refractivity contribution in [3.63, 3.8) is 0 Å². The van der Waals surface area contributed by atoms with Gasteiger partial charge in [0.05, 0.1) is 5.69 Å². The number of anilines is 3. The van der Waals surface area contributed by atoms with Gasteiger partial charge in [-0.15, -0.1) is 11.3 Å². The molecular weight excluding hydrogens is 703 g/mol. The predicted octanol–water partition coefficient (Wildman–Crippen LogP) is 15.8. The summed E-state index contributed by atoms with van der Waals surface area (Å²) >= 11 is 1.86. The number of nitrogens with zero attached hydrogens (tertiary/aromatic N) is 1. The highest BCUT2D eigenvalue weighted by Crippen LogP contribution is 2.45. The van der Waals surface area contributed by atoms with Gasteiger partial charge in [-0.2, -0.15) is 0 Å². The average molecular weight is 734 g/mol. The van der Waals surface area contributed by atoms with Crippen LogP contribution in [0.25, 0.3) is 97.1 Å². The Hall–Kier alpha value is -7.14. The molecular formula is C52H31NO2S. The number of benzene rings is 9. The standard InChI is InChI=1S/C52H31NO2S/c1-2-11-34-30-49-45(28-33(34)10-1)44-29-35(22-27-48(44)55-49)38-12-3-6-17-46(38)53(37-25-26-41-40-13-4-7-18-47(40)54-50(41)31-37)36-23-20-32(21-24-36)39-15-9-16-43-42-14-5-8-19-51(42)56-52(39)43/h1-31H. The number of furan rings is 2. The van der Waals surface area contributed by atoms with Crippen molar-refractivity contribution in [3.8, 4) is 22.3 Å². The number of hydrogen-bond acceptors (Lipinski definition) is 4. The molecule has 4 heteroatoms. The van der Waals surface area contributed by atoms with Gasteiger partial charge in [-0.25, -0.2) is 0 Å². The van der Waals surface area contributed by atoms with Crippen LogP contribution in [0.5, 0.6) is 0 Å². The molecule has 0 aliphatic rings. The fourth-order valence-corrected chi connectivity index (χ4v) is 9.83. The summed E-state index contributed by atoms with van der Waals surface area (Å²) in [5.41, 5.74) is 11.4. The third-order valence-corrected chi connectivity index (χ3v) is 12.5. The molecule has 12 aromatic rings. The van der Waals surface area contributed by atoms with Gasteiger partial charge in [0.15, 0.2) is 0 Å². The SMILES string of the molecule is c1ccc(N(c2ccc(-c3cccc4c3sc3ccccc34)cc2)c2ccc3c(c2)oc2ccccc23)c(-c2ccc3oc4cc5ccccc5cc4c3c2)c1. The van der Waals surface area contributed by atoms with Crippen LogP contribution < -0.4 is 4.90 Å². The molecule has 0 N–H and O–H groups in total. The smallest absolute Gasteiger partial charge is 0.137 e. The van der Waals surface area contributed by atoms with E-state index >= 15 is 0 Å². The van der Waals surface area contributed by atoms with Gasteiger partial charge in [0.25, 0.3) is 0 Å². The molecule has 9 aromatic carbocycles. The summed E-state index contributed by atoms with van der Waals surface area (Å²) in [5, 5.41) is 9.44. The second-order valence-corrected chi connectivity index (χ2v) is 15.5. The lowest BCUT2D eigenvalue weighted by molar-refractivity contribution is 0.669. The van der Waals surface area contributed by atoms with Gasteiger partial charge in [0.1, 0.15) is 22.3 Å². The zero-order chi connectivity index (χ0) is 36.7. The molecule has 3 aromatic heterocycles. The largest absolute Gasteiger partial charge is 0.456 e. The summed E-state index contributed by atoms with van der Waals surface area (Å²) in [5.74, 6) is 0. The highest BCUT2D eigenvalue weighted by atomic mass is 32.1. The lowest BCUT2D eigenvalue weighted by Crippen LogP contribution is -2.11. The summed E-state index contributed by atoms with van der Waals surface area (Å²) < 4.78 is 15.5. The van der Waals surface area contributed by atoms with E-state index in [4.69, 9.17) is 8.83 Å². The normalized spacial score (nSPS) is 11.9. The summed E-state index contributed by atoms with van der Waals surface area (Å²) in [6.45, 7) is 0. The van der Waals surface area contributed by atoms with E-state index in [1.54, 1.807) is 0 Å². The Kier molecular flexibility index (Phi) is 6.80. The maximum Gasteiger partial charge on any atom is 0.137 e. The Labute approximate surface area is 325 Å². The maximum absolute atomic E-state index is 6.45. The molecule has 0 radical (unpaired) electrons. The fourth-order valence-electron chi connectivity index (χ4n) is 8.59. The van der Waals surface area contributed by atoms with Crippen LogP contribution in [-0.2, 0) is 0 Å². The van der Waals surface area contributed by atoms with E-state index in [0.717, 1.165) is 72.1 Å². The molecule has 12 rings (SSSR count). The number of thiophene rings is 1. The van der Waals surface area contributed by atoms with Crippen LogP contribution in [0.15, 0.2) is 197 Å². The Balaban J connectivity index is 1.03. The van der Waals surface area contributed by atoms with Crippen molar-refractivity contribution < 1.29 is 8.83 Å². The Morgan fingerprint density at radius 2 is 0.982 bits per heavy atom. The minimum absolute atomic E-state index is 0.859. The lowest BCUT2D eigenvalue weighted by atomic mass is 9.98. The molecule has 0 saturated carbocycles. The topological polar surface area (TPSA) is 29.5 Å². The quantitative estimate of drug-likeness (QED) is 0.176. The number of para-hydroxylation sites is 2. The van der Waals surface area contributed by atoms with E-state index in [-0.39, 0.29) is 0 Å². The molecule has 0 fully saturated rings. The molecule has 262 valence electrons. The third-order valence-electron chi connectivity index (χ3n) is 11.3. The first kappa shape index (κ1) is 31.2. The third kappa shape index (κ3) is 4.83. The molecule has 0 aliphatic carbocycles. The van der Waals surface area contributed by atoms with Gasteiger partial charge in [-0.1, -0.05) is 115 Å². The second kappa shape index (κ2) is 12.2. The van der Waals surface area contributed by atoms with Crippen molar-refractivity contribution in [2.45, 2.75) is 0 Å². The van der Waals surface area contributed by atoms with Crippen LogP contribution in [0.3, 0.4) is 0 Å². The molecule has 0 aliphatic heterocycles. The number of hydrogen-bond donors (Lipinski definition) is 0. The molecule has 3 nitrogen and oxygen atoms in total. The van der Waals surface area contributed by atoms with Crippen molar-refractivity contribution in [2.75, 3.05) is 4.90 Å². The van der Waals surface area contributed by atoms with Crippen LogP contribution in [0.1, 0.15) is 0 Å². The number of fused-ring (bicyclic) bond motifs is 10. The van der Waals surface area contributed by atoms with Crippen molar-refractivity contribution in [1.29, 1.82) is 0 Å². The molecule has 56 heavy (non-hydrogen) atoms. The first-order valence-electron chi connectivity index (χ1n) is 18.9. The van der Waals surface area contributed by atoms with E-state index in [1.807, 2.05) is 23.5 Å². The van der Waals surface area contributed by atoms with Gasteiger partial charge in [0.2, 0.25) is 0 Å². The second-order valence-electron chi connectivity index (χ2n) is 14.5. The first-order chi connectivity index (χ1) is 27.7. The average Bonchev–Trinajstić information content (AvgIpc) is 3.94. The highest BCUT2D eigenvalue weighted by Gasteiger charge is 2.20. The van der Waals surface area contributed by atoms with Gasteiger partial charge >= 0.3 is 0 Å². The summed E-state index contributed by atoms with van der Waals surface area (Å²) in [7, 11) is 0. The van der Waals surface area contributed by atoms with E-state index in [1.165, 1.54) is 42.1 Å². The molecule has 0 unspecified atom stereocenters. The van der Waals surface area contributed by atoms with Crippen LogP contribution in [-0.4, -0.2) is 0 Å². The van der Waals surface area contributed by atoms with Crippen LogP contribution in [0.2, 0.25) is 0 Å². The van der Waals surface area contributed by atoms with Crippen LogP contribution >= 0.6 is 11.3 Å². The highest BCUT2D eigenvalue weighted by molar-refractivity contribution is 7.26. The van der Waals surface area contributed by atoms with Gasteiger partial charge in [-0.3, -0.25) is 0 Å². The summed E-state index contributed by atoms with van der Waals surface area (Å²) in [6.07, 6.45) is 0. The monoisotopic (exact) mass is 733 g/mol. The number of rotatable bonds is 5. The minimum Gasteiger partial charge on any atom is -0.456 e. The fraction of sp³-hybridized carbons (Fsp3) is 0. The van der Waals surface area contributed by atoms with E-state index < -0.39 is 0 Å². The zero-order valence-electron chi connectivity index (χ0n) is 30.1. The molecule has 0 atom stereocenters. The molecule has 0 spiro atoms. The van der Waals surface area contributed by atoms with Crippen molar-refractivity contribution >= 4 is 103 Å². The summed E-state index contributed by atoms with van der Waals surface area (Å²) in [6, 6.07) is 67.3. The van der Waals surface area contributed by atoms with Crippen LogP contribution in [0, 0.1) is 0 Å². The molecule has 0 saturated heterocycles. The first-order valence-corrected chi connectivity index (χ1v) is 19.7. The Morgan fingerprint density at radius 1 is 0.357 bits per heavy atom. The maximum atomic E-state index is 6.45. The van der Waals surface area contributed by atoms with Crippen molar-refractivity contribution in [1.82, 2.24) is 0 Å². The Bertz CT molecular complexity index is 3500. The van der Waals surface area contributed by atoms with Gasteiger partial charge in [0, 0.05) is 64.7 Å². The summed E-state index contributed by atoms with van der Waals surface area (Å²) in [4.78, 5) is 2.36. The van der Waals surface area contributed by atoms with Gasteiger partial charge < -0.3 is 13.7 Å². The Morgan fingerprint density at radius 3 is 1.88 bits per heavy atom. The van der Waals surface area contributed by atoms with Crippen molar-refractivity contribution in [2.24, 2.45) is 0 Å². The van der Waals surface area contributed by atoms with Crippen LogP contribution in [0.4, 0.5) is 17.1 Å². The van der Waals surface area contributed by atoms with E-state index in [0.29, 0.717) is 0 Å². The molecule has 0 amide bonds. The van der Waals surface area contributed by atoms with Gasteiger partial charge in [-0.05, 0) is 94.2 Å². The molecule has 3 heterocycles. The minimum atomic E-state index is 0.859. The van der Waals surface area contributed by atoms with E-state index in [9.17, 15) is 0 Å². The predicted molar refractivity (Wildman–Crippen MR) is 237 cm³/mol. The molecule has 0 bridgehead atoms. The zero-order valence-corrected chi connectivity index (χ0v) is 30.9. The van der Waals surface area contributed by atoms with E-state index in [2.05, 4.69) is 181 Å².